The lowest BCUT2D eigenvalue weighted by atomic mass is 10.1. The maximum absolute atomic E-state index is 13.8. The van der Waals surface area contributed by atoms with Crippen LogP contribution in [0.3, 0.4) is 0 Å². The van der Waals surface area contributed by atoms with Crippen molar-refractivity contribution in [3.63, 3.8) is 0 Å². The Morgan fingerprint density at radius 3 is 2.70 bits per heavy atom. The van der Waals surface area contributed by atoms with Crippen LogP contribution in [0.15, 0.2) is 47.0 Å². The van der Waals surface area contributed by atoms with E-state index in [4.69, 9.17) is 20.9 Å². The highest BCUT2D eigenvalue weighted by Crippen LogP contribution is 2.49. The number of hydrogen-bond acceptors (Lipinski definition) is 5. The highest BCUT2D eigenvalue weighted by molar-refractivity contribution is 6.30. The fourth-order valence-corrected chi connectivity index (χ4v) is 3.13. The SMILES string of the molecule is O=C(OCc1nc(-c2cccc(Cl)c2)no1)[C@@H]1C[C@H]1c1c(F)cccc1F. The topological polar surface area (TPSA) is 65.2 Å². The smallest absolute Gasteiger partial charge is 0.310 e. The predicted molar refractivity (Wildman–Crippen MR) is 91.7 cm³/mol. The summed E-state index contributed by atoms with van der Waals surface area (Å²) < 4.78 is 37.8. The molecule has 1 aliphatic carbocycles. The summed E-state index contributed by atoms with van der Waals surface area (Å²) in [7, 11) is 0. The first-order valence-electron chi connectivity index (χ1n) is 8.22. The van der Waals surface area contributed by atoms with Gasteiger partial charge in [-0.3, -0.25) is 4.79 Å². The first-order chi connectivity index (χ1) is 13.0. The molecule has 0 spiro atoms. The molecule has 0 saturated heterocycles. The van der Waals surface area contributed by atoms with Gasteiger partial charge in [0.15, 0.2) is 6.61 Å². The molecule has 1 saturated carbocycles. The van der Waals surface area contributed by atoms with E-state index in [-0.39, 0.29) is 18.1 Å². The zero-order valence-corrected chi connectivity index (χ0v) is 14.6. The van der Waals surface area contributed by atoms with E-state index in [1.54, 1.807) is 24.3 Å². The van der Waals surface area contributed by atoms with Gasteiger partial charge in [-0.05, 0) is 30.7 Å². The van der Waals surface area contributed by atoms with E-state index in [1.165, 1.54) is 18.2 Å². The minimum atomic E-state index is -0.654. The summed E-state index contributed by atoms with van der Waals surface area (Å²) in [5.41, 5.74) is 0.599. The van der Waals surface area contributed by atoms with Gasteiger partial charge >= 0.3 is 5.97 Å². The fraction of sp³-hybridized carbons (Fsp3) is 0.211. The molecule has 5 nitrogen and oxygen atoms in total. The van der Waals surface area contributed by atoms with Crippen molar-refractivity contribution in [3.05, 3.63) is 70.6 Å². The molecule has 27 heavy (non-hydrogen) atoms. The van der Waals surface area contributed by atoms with E-state index in [2.05, 4.69) is 10.1 Å². The van der Waals surface area contributed by atoms with Gasteiger partial charge in [0.25, 0.3) is 5.89 Å². The normalized spacial score (nSPS) is 18.3. The van der Waals surface area contributed by atoms with Crippen LogP contribution >= 0.6 is 11.6 Å². The maximum Gasteiger partial charge on any atom is 0.310 e. The van der Waals surface area contributed by atoms with Crippen molar-refractivity contribution in [1.29, 1.82) is 0 Å². The van der Waals surface area contributed by atoms with E-state index < -0.39 is 29.4 Å². The lowest BCUT2D eigenvalue weighted by Gasteiger charge is -2.04. The molecule has 0 aliphatic heterocycles. The Morgan fingerprint density at radius 1 is 1.22 bits per heavy atom. The van der Waals surface area contributed by atoms with Gasteiger partial charge in [-0.1, -0.05) is 35.0 Å². The van der Waals surface area contributed by atoms with Crippen LogP contribution in [0.5, 0.6) is 0 Å². The largest absolute Gasteiger partial charge is 0.455 e. The van der Waals surface area contributed by atoms with Crippen molar-refractivity contribution in [1.82, 2.24) is 10.1 Å². The third-order valence-corrected chi connectivity index (χ3v) is 4.59. The van der Waals surface area contributed by atoms with Crippen molar-refractivity contribution in [2.45, 2.75) is 18.9 Å². The van der Waals surface area contributed by atoms with Crippen LogP contribution in [0.1, 0.15) is 23.8 Å². The Bertz CT molecular complexity index is 988. The lowest BCUT2D eigenvalue weighted by Crippen LogP contribution is -2.09. The van der Waals surface area contributed by atoms with E-state index in [1.807, 2.05) is 0 Å². The Hall–Kier alpha value is -2.80. The number of hydrogen-bond donors (Lipinski definition) is 0. The zero-order chi connectivity index (χ0) is 19.0. The molecule has 4 rings (SSSR count). The fourth-order valence-electron chi connectivity index (χ4n) is 2.94. The number of halogens is 3. The zero-order valence-electron chi connectivity index (χ0n) is 13.9. The third-order valence-electron chi connectivity index (χ3n) is 4.35. The molecule has 8 heteroatoms. The Balaban J connectivity index is 1.37. The minimum Gasteiger partial charge on any atom is -0.455 e. The number of nitrogens with zero attached hydrogens (tertiary/aromatic N) is 2. The molecule has 138 valence electrons. The molecule has 2 aromatic carbocycles. The van der Waals surface area contributed by atoms with Gasteiger partial charge in [-0.15, -0.1) is 0 Å². The molecule has 0 N–H and O–H groups in total. The molecule has 0 radical (unpaired) electrons. The number of benzene rings is 2. The first-order valence-corrected chi connectivity index (χ1v) is 8.60. The van der Waals surface area contributed by atoms with E-state index in [0.717, 1.165) is 0 Å². The second-order valence-electron chi connectivity index (χ2n) is 6.21. The molecule has 0 amide bonds. The van der Waals surface area contributed by atoms with Gasteiger partial charge in [0.2, 0.25) is 5.82 Å². The number of esters is 1. The third kappa shape index (κ3) is 3.68. The van der Waals surface area contributed by atoms with E-state index in [9.17, 15) is 13.6 Å². The minimum absolute atomic E-state index is 0.0690. The summed E-state index contributed by atoms with van der Waals surface area (Å²) in [5, 5.41) is 4.35. The summed E-state index contributed by atoms with van der Waals surface area (Å²) in [6, 6.07) is 10.6. The first kappa shape index (κ1) is 17.6. The summed E-state index contributed by atoms with van der Waals surface area (Å²) in [5.74, 6) is -2.51. The molecule has 1 heterocycles. The van der Waals surface area contributed by atoms with Crippen LogP contribution in [0, 0.1) is 17.6 Å². The predicted octanol–water partition coefficient (Wildman–Crippen LogP) is 4.52. The van der Waals surface area contributed by atoms with Crippen molar-refractivity contribution in [3.8, 4) is 11.4 Å². The van der Waals surface area contributed by atoms with Crippen LogP contribution < -0.4 is 0 Å². The van der Waals surface area contributed by atoms with Crippen LogP contribution in [-0.4, -0.2) is 16.1 Å². The molecule has 0 unspecified atom stereocenters. The summed E-state index contributed by atoms with van der Waals surface area (Å²) in [6.07, 6.45) is 0.342. The van der Waals surface area contributed by atoms with Crippen molar-refractivity contribution < 1.29 is 22.8 Å². The van der Waals surface area contributed by atoms with E-state index in [0.29, 0.717) is 22.8 Å². The second-order valence-corrected chi connectivity index (χ2v) is 6.65. The van der Waals surface area contributed by atoms with Crippen molar-refractivity contribution in [2.24, 2.45) is 5.92 Å². The van der Waals surface area contributed by atoms with Gasteiger partial charge in [0, 0.05) is 22.1 Å². The summed E-state index contributed by atoms with van der Waals surface area (Å²) in [6.45, 7) is -0.213. The second kappa shape index (κ2) is 7.08. The quantitative estimate of drug-likeness (QED) is 0.599. The number of ether oxygens (including phenoxy) is 1. The number of aromatic nitrogens is 2. The van der Waals surface area contributed by atoms with Gasteiger partial charge in [0.1, 0.15) is 11.6 Å². The average molecular weight is 391 g/mol. The Kier molecular flexibility index (Phi) is 4.61. The van der Waals surface area contributed by atoms with Gasteiger partial charge in [-0.25, -0.2) is 8.78 Å². The van der Waals surface area contributed by atoms with Crippen LogP contribution in [-0.2, 0) is 16.1 Å². The van der Waals surface area contributed by atoms with Gasteiger partial charge < -0.3 is 9.26 Å². The molecule has 1 fully saturated rings. The van der Waals surface area contributed by atoms with Crippen LogP contribution in [0.4, 0.5) is 8.78 Å². The van der Waals surface area contributed by atoms with Crippen LogP contribution in [0.2, 0.25) is 5.02 Å². The number of rotatable bonds is 5. The molecule has 0 bridgehead atoms. The lowest BCUT2D eigenvalue weighted by molar-refractivity contribution is -0.147. The number of carbonyl (C=O) groups is 1. The Labute approximate surface area is 157 Å². The maximum atomic E-state index is 13.8. The molecule has 1 aliphatic rings. The standard InChI is InChI=1S/C19H13ClF2N2O3/c20-11-4-1-3-10(7-11)18-23-16(27-24-18)9-26-19(25)13-8-12(13)17-14(21)5-2-6-15(17)22/h1-7,12-13H,8-9H2/t12-,13-/m1/s1. The molecule has 3 aromatic rings. The average Bonchev–Trinajstić information content (AvgIpc) is 3.27. The highest BCUT2D eigenvalue weighted by Gasteiger charge is 2.47. The summed E-state index contributed by atoms with van der Waals surface area (Å²) >= 11 is 5.92. The van der Waals surface area contributed by atoms with Crippen molar-refractivity contribution >= 4 is 17.6 Å². The monoisotopic (exact) mass is 390 g/mol. The molecular weight excluding hydrogens is 378 g/mol. The Morgan fingerprint density at radius 2 is 1.96 bits per heavy atom. The van der Waals surface area contributed by atoms with E-state index >= 15 is 0 Å². The van der Waals surface area contributed by atoms with Gasteiger partial charge in [0.05, 0.1) is 5.92 Å². The molecule has 1 aromatic heterocycles. The summed E-state index contributed by atoms with van der Waals surface area (Å²) in [4.78, 5) is 16.3. The highest BCUT2D eigenvalue weighted by atomic mass is 35.5. The number of carbonyl (C=O) groups excluding carboxylic acids is 1. The van der Waals surface area contributed by atoms with Crippen molar-refractivity contribution in [2.75, 3.05) is 0 Å². The molecule has 2 atom stereocenters. The van der Waals surface area contributed by atoms with Gasteiger partial charge in [-0.2, -0.15) is 4.98 Å². The van der Waals surface area contributed by atoms with Crippen LogP contribution in [0.25, 0.3) is 11.4 Å². The molecular formula is C19H13ClF2N2O3.